The molecule has 0 radical (unpaired) electrons. The molecule has 0 fully saturated rings. The highest BCUT2D eigenvalue weighted by Crippen LogP contribution is 2.47. The minimum Gasteiger partial charge on any atom is -0.496 e. The van der Waals surface area contributed by atoms with Crippen molar-refractivity contribution in [3.8, 4) is 5.75 Å². The van der Waals surface area contributed by atoms with Crippen LogP contribution in [-0.2, 0) is 14.3 Å². The van der Waals surface area contributed by atoms with Gasteiger partial charge in [0.15, 0.2) is 5.78 Å². The number of esters is 1. The molecule has 2 aromatic rings. The van der Waals surface area contributed by atoms with Gasteiger partial charge in [-0.05, 0) is 36.8 Å². The molecule has 0 bridgehead atoms. The Labute approximate surface area is 209 Å². The number of carbonyl (C=O) groups excluding carboxylic acids is 2. The molecule has 0 saturated carbocycles. The highest BCUT2D eigenvalue weighted by Gasteiger charge is 2.42. The molecular formula is C28H30FNO4S. The minimum atomic E-state index is -0.815. The van der Waals surface area contributed by atoms with E-state index in [1.54, 1.807) is 44.0 Å². The number of Topliss-reactive ketones (excluding diaryl/α,β-unsaturated/α-hetero) is 1. The van der Waals surface area contributed by atoms with Crippen molar-refractivity contribution < 1.29 is 23.5 Å². The number of methoxy groups -OCH3 is 1. The molecule has 0 spiro atoms. The normalized spacial score (nSPS) is 19.8. The van der Waals surface area contributed by atoms with E-state index in [1.165, 1.54) is 6.07 Å². The zero-order valence-electron chi connectivity index (χ0n) is 20.2. The Balaban J connectivity index is 1.74. The lowest BCUT2D eigenvalue weighted by molar-refractivity contribution is -0.138. The number of rotatable bonds is 8. The largest absolute Gasteiger partial charge is 0.496 e. The Morgan fingerprint density at radius 2 is 1.83 bits per heavy atom. The molecule has 1 heterocycles. The first kappa shape index (κ1) is 25.0. The molecule has 0 saturated heterocycles. The number of dihydropyridines is 1. The maximum atomic E-state index is 15.1. The third kappa shape index (κ3) is 5.15. The average Bonchev–Trinajstić information content (AvgIpc) is 2.86. The van der Waals surface area contributed by atoms with Gasteiger partial charge in [-0.1, -0.05) is 43.3 Å². The highest BCUT2D eigenvalue weighted by atomic mass is 32.2. The van der Waals surface area contributed by atoms with Gasteiger partial charge >= 0.3 is 5.97 Å². The molecule has 2 aliphatic rings. The van der Waals surface area contributed by atoms with E-state index in [9.17, 15) is 9.59 Å². The Bertz CT molecular complexity index is 1190. The van der Waals surface area contributed by atoms with Gasteiger partial charge in [-0.3, -0.25) is 4.79 Å². The van der Waals surface area contributed by atoms with Crippen molar-refractivity contribution in [1.29, 1.82) is 0 Å². The van der Waals surface area contributed by atoms with Crippen LogP contribution in [-0.4, -0.2) is 37.0 Å². The summed E-state index contributed by atoms with van der Waals surface area (Å²) in [4.78, 5) is 26.9. The second-order valence-electron chi connectivity index (χ2n) is 8.61. The molecule has 184 valence electrons. The van der Waals surface area contributed by atoms with E-state index in [2.05, 4.69) is 5.32 Å². The van der Waals surface area contributed by atoms with E-state index in [-0.39, 0.29) is 24.7 Å². The minimum absolute atomic E-state index is 0.0847. The molecule has 2 atom stereocenters. The molecule has 1 aliphatic carbocycles. The third-order valence-electron chi connectivity index (χ3n) is 6.51. The van der Waals surface area contributed by atoms with E-state index in [4.69, 9.17) is 9.47 Å². The first-order valence-corrected chi connectivity index (χ1v) is 13.0. The maximum Gasteiger partial charge on any atom is 0.336 e. The number of ketones is 1. The summed E-state index contributed by atoms with van der Waals surface area (Å²) in [5, 5.41) is 3.31. The number of hydrogen-bond acceptors (Lipinski definition) is 6. The predicted octanol–water partition coefficient (Wildman–Crippen LogP) is 5.49. The number of halogens is 1. The molecule has 1 N–H and O–H groups in total. The van der Waals surface area contributed by atoms with Gasteiger partial charge in [0, 0.05) is 40.6 Å². The van der Waals surface area contributed by atoms with Gasteiger partial charge < -0.3 is 14.8 Å². The van der Waals surface area contributed by atoms with Crippen LogP contribution in [0.25, 0.3) is 0 Å². The summed E-state index contributed by atoms with van der Waals surface area (Å²) in [5.41, 5.74) is 3.31. The van der Waals surface area contributed by atoms with Gasteiger partial charge in [-0.15, -0.1) is 0 Å². The van der Waals surface area contributed by atoms with Gasteiger partial charge in [-0.25, -0.2) is 9.18 Å². The van der Waals surface area contributed by atoms with Crippen LogP contribution in [0, 0.1) is 5.82 Å². The van der Waals surface area contributed by atoms with Crippen molar-refractivity contribution in [1.82, 2.24) is 5.32 Å². The number of nitrogens with one attached hydrogen (secondary N) is 1. The lowest BCUT2D eigenvalue weighted by Crippen LogP contribution is -2.36. The van der Waals surface area contributed by atoms with E-state index in [0.717, 1.165) is 22.8 Å². The van der Waals surface area contributed by atoms with E-state index < -0.39 is 17.7 Å². The van der Waals surface area contributed by atoms with Crippen LogP contribution < -0.4 is 10.1 Å². The lowest BCUT2D eigenvalue weighted by Gasteiger charge is -2.37. The van der Waals surface area contributed by atoms with Gasteiger partial charge in [-0.2, -0.15) is 11.8 Å². The van der Waals surface area contributed by atoms with E-state index >= 15 is 4.39 Å². The molecular weight excluding hydrogens is 465 g/mol. The van der Waals surface area contributed by atoms with Crippen molar-refractivity contribution in [3.05, 3.63) is 88.0 Å². The fourth-order valence-corrected chi connectivity index (χ4v) is 5.46. The van der Waals surface area contributed by atoms with E-state index in [0.29, 0.717) is 34.6 Å². The summed E-state index contributed by atoms with van der Waals surface area (Å²) in [6.07, 6.45) is 0.805. The smallest absolute Gasteiger partial charge is 0.336 e. The van der Waals surface area contributed by atoms with Crippen molar-refractivity contribution >= 4 is 23.5 Å². The first-order valence-electron chi connectivity index (χ1n) is 11.8. The third-order valence-corrected chi connectivity index (χ3v) is 7.37. The quantitative estimate of drug-likeness (QED) is 0.386. The van der Waals surface area contributed by atoms with Crippen molar-refractivity contribution in [2.75, 3.05) is 25.2 Å². The number of carbonyl (C=O) groups is 2. The average molecular weight is 496 g/mol. The topological polar surface area (TPSA) is 64.6 Å². The number of hydrogen-bond donors (Lipinski definition) is 1. The molecule has 0 unspecified atom stereocenters. The molecule has 35 heavy (non-hydrogen) atoms. The Morgan fingerprint density at radius 1 is 1.11 bits per heavy atom. The second-order valence-corrected chi connectivity index (χ2v) is 10.0. The number of benzene rings is 2. The fourth-order valence-electron chi connectivity index (χ4n) is 4.97. The van der Waals surface area contributed by atoms with Gasteiger partial charge in [0.25, 0.3) is 0 Å². The highest BCUT2D eigenvalue weighted by molar-refractivity contribution is 7.99. The standard InChI is InChI=1S/C28H30FNO4S/c1-4-35-14-13-34-28(32)25-17(2)30-22-15-18(19-9-6-8-12-24(19)33-3)16-23(31)27(22)26(25)20-10-5-7-11-21(20)29/h5-12,18,26,30H,4,13-16H2,1-3H3/t18-,26-/m1/s1. The SMILES string of the molecule is CCSCCOC(=O)C1=C(C)NC2=C(C(=O)C[C@H](c3ccccc3OC)C2)[C@@H]1c1ccccc1F. The molecule has 4 rings (SSSR count). The summed E-state index contributed by atoms with van der Waals surface area (Å²) >= 11 is 1.67. The Morgan fingerprint density at radius 3 is 2.54 bits per heavy atom. The van der Waals surface area contributed by atoms with Crippen molar-refractivity contribution in [3.63, 3.8) is 0 Å². The number of ether oxygens (including phenoxy) is 2. The zero-order chi connectivity index (χ0) is 24.9. The summed E-state index contributed by atoms with van der Waals surface area (Å²) in [7, 11) is 1.62. The molecule has 1 aliphatic heterocycles. The molecule has 7 heteroatoms. The van der Waals surface area contributed by atoms with Crippen LogP contribution in [0.5, 0.6) is 5.75 Å². The van der Waals surface area contributed by atoms with Crippen molar-refractivity contribution in [2.45, 2.75) is 38.5 Å². The number of thioether (sulfide) groups is 1. The number of para-hydroxylation sites is 1. The Kier molecular flexibility index (Phi) is 7.96. The molecule has 2 aromatic carbocycles. The second kappa shape index (κ2) is 11.1. The van der Waals surface area contributed by atoms with Crippen LogP contribution in [0.2, 0.25) is 0 Å². The van der Waals surface area contributed by atoms with Gasteiger partial charge in [0.2, 0.25) is 0 Å². The van der Waals surface area contributed by atoms with Gasteiger partial charge in [0.1, 0.15) is 18.2 Å². The summed E-state index contributed by atoms with van der Waals surface area (Å²) in [6.45, 7) is 4.08. The van der Waals surface area contributed by atoms with Crippen LogP contribution >= 0.6 is 11.8 Å². The Hall–Kier alpha value is -3.06. The summed E-state index contributed by atoms with van der Waals surface area (Å²) in [5.74, 6) is 0.357. The maximum absolute atomic E-state index is 15.1. The van der Waals surface area contributed by atoms with Crippen molar-refractivity contribution in [2.24, 2.45) is 0 Å². The zero-order valence-corrected chi connectivity index (χ0v) is 21.0. The number of allylic oxidation sites excluding steroid dienone is 3. The van der Waals surface area contributed by atoms with Crippen LogP contribution in [0.1, 0.15) is 49.7 Å². The summed E-state index contributed by atoms with van der Waals surface area (Å²) in [6, 6.07) is 14.0. The molecule has 0 aromatic heterocycles. The van der Waals surface area contributed by atoms with E-state index in [1.807, 2.05) is 31.2 Å². The summed E-state index contributed by atoms with van der Waals surface area (Å²) < 4.78 is 26.1. The van der Waals surface area contributed by atoms with Crippen LogP contribution in [0.4, 0.5) is 4.39 Å². The molecule has 0 amide bonds. The van der Waals surface area contributed by atoms with Crippen LogP contribution in [0.15, 0.2) is 71.1 Å². The predicted molar refractivity (Wildman–Crippen MR) is 136 cm³/mol. The van der Waals surface area contributed by atoms with Crippen LogP contribution in [0.3, 0.4) is 0 Å². The lowest BCUT2D eigenvalue weighted by atomic mass is 9.71. The monoisotopic (exact) mass is 495 g/mol. The molecule has 5 nitrogen and oxygen atoms in total. The van der Waals surface area contributed by atoms with Gasteiger partial charge in [0.05, 0.1) is 18.6 Å². The first-order chi connectivity index (χ1) is 17.0. The fraction of sp³-hybridized carbons (Fsp3) is 0.357.